The number of ether oxygens (including phenoxy) is 1. The third-order valence-corrected chi connectivity index (χ3v) is 3.60. The SMILES string of the molecule is c1ccc(-c2ccc(OCCCCn3ccnc3)cc2)cc1. The molecule has 3 aromatic rings. The Bertz CT molecular complexity index is 660. The summed E-state index contributed by atoms with van der Waals surface area (Å²) >= 11 is 0. The summed E-state index contributed by atoms with van der Waals surface area (Å²) in [7, 11) is 0. The zero-order valence-electron chi connectivity index (χ0n) is 12.6. The average Bonchev–Trinajstić information content (AvgIpc) is 3.09. The van der Waals surface area contributed by atoms with Gasteiger partial charge in [0.25, 0.3) is 0 Å². The molecule has 0 amide bonds. The highest BCUT2D eigenvalue weighted by Crippen LogP contribution is 2.22. The minimum atomic E-state index is 0.749. The van der Waals surface area contributed by atoms with Crippen molar-refractivity contribution in [2.75, 3.05) is 6.61 Å². The van der Waals surface area contributed by atoms with Gasteiger partial charge in [-0.05, 0) is 36.1 Å². The molecule has 3 nitrogen and oxygen atoms in total. The van der Waals surface area contributed by atoms with Gasteiger partial charge in [-0.2, -0.15) is 0 Å². The second-order valence-electron chi connectivity index (χ2n) is 5.25. The van der Waals surface area contributed by atoms with Crippen LogP contribution in [-0.2, 0) is 6.54 Å². The van der Waals surface area contributed by atoms with Gasteiger partial charge in [-0.1, -0.05) is 42.5 Å². The fourth-order valence-corrected chi connectivity index (χ4v) is 2.38. The maximum atomic E-state index is 5.79. The number of hydrogen-bond acceptors (Lipinski definition) is 2. The first kappa shape index (κ1) is 14.4. The molecule has 0 N–H and O–H groups in total. The van der Waals surface area contributed by atoms with E-state index in [1.165, 1.54) is 11.1 Å². The van der Waals surface area contributed by atoms with Gasteiger partial charge >= 0.3 is 0 Å². The molecule has 0 aliphatic carbocycles. The molecule has 0 fully saturated rings. The van der Waals surface area contributed by atoms with Crippen LogP contribution >= 0.6 is 0 Å². The molecule has 0 atom stereocenters. The summed E-state index contributed by atoms with van der Waals surface area (Å²) in [5.41, 5.74) is 2.45. The first-order valence-corrected chi connectivity index (χ1v) is 7.66. The lowest BCUT2D eigenvalue weighted by Gasteiger charge is -2.08. The fraction of sp³-hybridized carbons (Fsp3) is 0.211. The monoisotopic (exact) mass is 292 g/mol. The van der Waals surface area contributed by atoms with Gasteiger partial charge in [-0.25, -0.2) is 4.98 Å². The number of aromatic nitrogens is 2. The van der Waals surface area contributed by atoms with Gasteiger partial charge in [0.15, 0.2) is 0 Å². The number of imidazole rings is 1. The normalized spacial score (nSPS) is 10.5. The second kappa shape index (κ2) is 7.46. The van der Waals surface area contributed by atoms with E-state index in [2.05, 4.69) is 45.9 Å². The van der Waals surface area contributed by atoms with Crippen LogP contribution in [0.25, 0.3) is 11.1 Å². The average molecular weight is 292 g/mol. The summed E-state index contributed by atoms with van der Waals surface area (Å²) < 4.78 is 7.88. The highest BCUT2D eigenvalue weighted by molar-refractivity contribution is 5.63. The Kier molecular flexibility index (Phi) is 4.88. The summed E-state index contributed by atoms with van der Waals surface area (Å²) in [5.74, 6) is 0.933. The maximum Gasteiger partial charge on any atom is 0.119 e. The first-order valence-electron chi connectivity index (χ1n) is 7.66. The van der Waals surface area contributed by atoms with Gasteiger partial charge in [-0.15, -0.1) is 0 Å². The van der Waals surface area contributed by atoms with Crippen LogP contribution in [0.1, 0.15) is 12.8 Å². The first-order chi connectivity index (χ1) is 10.9. The van der Waals surface area contributed by atoms with Crippen LogP contribution in [0.2, 0.25) is 0 Å². The Balaban J connectivity index is 1.43. The third kappa shape index (κ3) is 3.98. The minimum absolute atomic E-state index is 0.749. The van der Waals surface area contributed by atoms with Gasteiger partial charge < -0.3 is 9.30 Å². The molecule has 22 heavy (non-hydrogen) atoms. The summed E-state index contributed by atoms with van der Waals surface area (Å²) in [6, 6.07) is 18.7. The molecular weight excluding hydrogens is 272 g/mol. The zero-order chi connectivity index (χ0) is 15.0. The highest BCUT2D eigenvalue weighted by atomic mass is 16.5. The summed E-state index contributed by atoms with van der Waals surface area (Å²) in [4.78, 5) is 4.03. The highest BCUT2D eigenvalue weighted by Gasteiger charge is 1.98. The van der Waals surface area contributed by atoms with Gasteiger partial charge in [0, 0.05) is 18.9 Å². The van der Waals surface area contributed by atoms with Crippen LogP contribution in [0.3, 0.4) is 0 Å². The minimum Gasteiger partial charge on any atom is -0.494 e. The van der Waals surface area contributed by atoms with Crippen molar-refractivity contribution in [3.8, 4) is 16.9 Å². The van der Waals surface area contributed by atoms with E-state index in [-0.39, 0.29) is 0 Å². The predicted molar refractivity (Wildman–Crippen MR) is 88.8 cm³/mol. The molecule has 112 valence electrons. The van der Waals surface area contributed by atoms with Crippen molar-refractivity contribution in [2.24, 2.45) is 0 Å². The maximum absolute atomic E-state index is 5.79. The van der Waals surface area contributed by atoms with Crippen molar-refractivity contribution in [3.05, 3.63) is 73.3 Å². The fourth-order valence-electron chi connectivity index (χ4n) is 2.38. The van der Waals surface area contributed by atoms with E-state index in [1.807, 2.05) is 36.9 Å². The molecule has 1 heterocycles. The standard InChI is InChI=1S/C19H20N2O/c1-2-6-17(7-3-1)18-8-10-19(11-9-18)22-15-5-4-13-21-14-12-20-16-21/h1-3,6-12,14,16H,4-5,13,15H2. The lowest BCUT2D eigenvalue weighted by Crippen LogP contribution is -2.00. The van der Waals surface area contributed by atoms with Crippen LogP contribution in [0, 0.1) is 0 Å². The van der Waals surface area contributed by atoms with E-state index in [1.54, 1.807) is 0 Å². The van der Waals surface area contributed by atoms with Crippen LogP contribution in [-0.4, -0.2) is 16.2 Å². The number of aryl methyl sites for hydroxylation is 1. The molecule has 0 bridgehead atoms. The van der Waals surface area contributed by atoms with Crippen molar-refractivity contribution in [2.45, 2.75) is 19.4 Å². The second-order valence-corrected chi connectivity index (χ2v) is 5.25. The molecule has 0 radical (unpaired) electrons. The molecule has 0 aliphatic heterocycles. The van der Waals surface area contributed by atoms with E-state index in [0.29, 0.717) is 0 Å². The topological polar surface area (TPSA) is 27.1 Å². The van der Waals surface area contributed by atoms with E-state index in [0.717, 1.165) is 31.7 Å². The Hall–Kier alpha value is -2.55. The van der Waals surface area contributed by atoms with Crippen molar-refractivity contribution < 1.29 is 4.74 Å². The zero-order valence-corrected chi connectivity index (χ0v) is 12.6. The molecular formula is C19H20N2O. The van der Waals surface area contributed by atoms with Gasteiger partial charge in [0.2, 0.25) is 0 Å². The van der Waals surface area contributed by atoms with Crippen molar-refractivity contribution in [3.63, 3.8) is 0 Å². The number of nitrogens with zero attached hydrogens (tertiary/aromatic N) is 2. The summed E-state index contributed by atoms with van der Waals surface area (Å²) in [5, 5.41) is 0. The van der Waals surface area contributed by atoms with Gasteiger partial charge in [0.05, 0.1) is 12.9 Å². The van der Waals surface area contributed by atoms with E-state index in [4.69, 9.17) is 4.74 Å². The van der Waals surface area contributed by atoms with Crippen LogP contribution in [0.4, 0.5) is 0 Å². The number of rotatable bonds is 7. The Morgan fingerprint density at radius 2 is 1.64 bits per heavy atom. The Morgan fingerprint density at radius 3 is 2.36 bits per heavy atom. The van der Waals surface area contributed by atoms with Gasteiger partial charge in [0.1, 0.15) is 5.75 Å². The molecule has 0 saturated carbocycles. The molecule has 0 aliphatic rings. The number of benzene rings is 2. The predicted octanol–water partition coefficient (Wildman–Crippen LogP) is 4.41. The smallest absolute Gasteiger partial charge is 0.119 e. The molecule has 0 unspecified atom stereocenters. The largest absolute Gasteiger partial charge is 0.494 e. The van der Waals surface area contributed by atoms with Crippen LogP contribution < -0.4 is 4.74 Å². The lowest BCUT2D eigenvalue weighted by molar-refractivity contribution is 0.303. The Labute approximate surface area is 131 Å². The number of hydrogen-bond donors (Lipinski definition) is 0. The van der Waals surface area contributed by atoms with E-state index in [9.17, 15) is 0 Å². The van der Waals surface area contributed by atoms with Crippen molar-refractivity contribution in [1.82, 2.24) is 9.55 Å². The number of unbranched alkanes of at least 4 members (excludes halogenated alkanes) is 1. The van der Waals surface area contributed by atoms with Crippen LogP contribution in [0.15, 0.2) is 73.3 Å². The summed E-state index contributed by atoms with van der Waals surface area (Å²) in [6.07, 6.45) is 7.79. The molecule has 0 saturated heterocycles. The Morgan fingerprint density at radius 1 is 0.864 bits per heavy atom. The van der Waals surface area contributed by atoms with Crippen molar-refractivity contribution >= 4 is 0 Å². The third-order valence-electron chi connectivity index (χ3n) is 3.60. The molecule has 1 aromatic heterocycles. The quantitative estimate of drug-likeness (QED) is 0.603. The molecule has 2 aromatic carbocycles. The molecule has 0 spiro atoms. The van der Waals surface area contributed by atoms with E-state index < -0.39 is 0 Å². The van der Waals surface area contributed by atoms with E-state index >= 15 is 0 Å². The lowest BCUT2D eigenvalue weighted by atomic mass is 10.1. The van der Waals surface area contributed by atoms with Crippen molar-refractivity contribution in [1.29, 1.82) is 0 Å². The van der Waals surface area contributed by atoms with Gasteiger partial charge in [-0.3, -0.25) is 0 Å². The molecule has 3 rings (SSSR count). The molecule has 3 heteroatoms. The summed E-state index contributed by atoms with van der Waals surface area (Å²) in [6.45, 7) is 1.75. The van der Waals surface area contributed by atoms with Crippen LogP contribution in [0.5, 0.6) is 5.75 Å².